The number of nitrogens with zero attached hydrogens (tertiary/aromatic N) is 1. The third kappa shape index (κ3) is 3.61. The third-order valence-corrected chi connectivity index (χ3v) is 3.92. The van der Waals surface area contributed by atoms with Crippen molar-refractivity contribution in [3.8, 4) is 0 Å². The molecule has 1 unspecified atom stereocenters. The van der Waals surface area contributed by atoms with Crippen LogP contribution >= 0.6 is 11.6 Å². The van der Waals surface area contributed by atoms with Gasteiger partial charge in [-0.3, -0.25) is 4.79 Å². The Labute approximate surface area is 118 Å². The fourth-order valence-electron chi connectivity index (χ4n) is 2.41. The molecule has 1 fully saturated rings. The molecule has 104 valence electrons. The molecule has 0 aromatic heterocycles. The van der Waals surface area contributed by atoms with Crippen molar-refractivity contribution in [2.75, 3.05) is 31.9 Å². The molecule has 2 rings (SSSR count). The molecule has 0 aliphatic carbocycles. The summed E-state index contributed by atoms with van der Waals surface area (Å²) in [6, 6.07) is 4.96. The molecule has 1 amide bonds. The van der Waals surface area contributed by atoms with Crippen molar-refractivity contribution in [2.24, 2.45) is 5.92 Å². The number of carbonyl (C=O) groups excluding carboxylic acids is 1. The van der Waals surface area contributed by atoms with E-state index < -0.39 is 0 Å². The Morgan fingerprint density at radius 2 is 2.37 bits per heavy atom. The summed E-state index contributed by atoms with van der Waals surface area (Å²) < 4.78 is 0. The largest absolute Gasteiger partial charge is 0.399 e. The second kappa shape index (κ2) is 6.26. The van der Waals surface area contributed by atoms with Crippen LogP contribution in [0.3, 0.4) is 0 Å². The van der Waals surface area contributed by atoms with Crippen molar-refractivity contribution in [1.29, 1.82) is 0 Å². The average Bonchev–Trinajstić information content (AvgIpc) is 2.84. The first-order valence-electron chi connectivity index (χ1n) is 6.65. The Hall–Kier alpha value is -1.26. The number of likely N-dealkylation sites (tertiary alicyclic amines) is 1. The number of nitrogens with two attached hydrogens (primary N) is 1. The highest BCUT2D eigenvalue weighted by Gasteiger charge is 2.21. The number of hydrogen-bond acceptors (Lipinski definition) is 3. The predicted octanol–water partition coefficient (Wildman–Crippen LogP) is 1.99. The Balaban J connectivity index is 1.88. The minimum atomic E-state index is -0.125. The number of rotatable bonds is 4. The van der Waals surface area contributed by atoms with Crippen LogP contribution in [0.4, 0.5) is 5.69 Å². The monoisotopic (exact) mass is 281 g/mol. The maximum atomic E-state index is 12.0. The molecular weight excluding hydrogens is 262 g/mol. The van der Waals surface area contributed by atoms with Gasteiger partial charge < -0.3 is 16.0 Å². The first-order valence-corrected chi connectivity index (χ1v) is 7.03. The van der Waals surface area contributed by atoms with E-state index in [1.54, 1.807) is 18.2 Å². The molecule has 19 heavy (non-hydrogen) atoms. The van der Waals surface area contributed by atoms with Gasteiger partial charge in [-0.25, -0.2) is 0 Å². The molecule has 1 aromatic carbocycles. The lowest BCUT2D eigenvalue weighted by Gasteiger charge is -2.14. The second-order valence-corrected chi connectivity index (χ2v) is 5.40. The van der Waals surface area contributed by atoms with Crippen molar-refractivity contribution >= 4 is 23.2 Å². The van der Waals surface area contributed by atoms with E-state index in [4.69, 9.17) is 17.3 Å². The molecular formula is C14H20ClN3O. The van der Waals surface area contributed by atoms with Crippen LogP contribution in [0.2, 0.25) is 5.02 Å². The van der Waals surface area contributed by atoms with Crippen molar-refractivity contribution in [2.45, 2.75) is 13.3 Å². The molecule has 3 N–H and O–H groups in total. The molecule has 1 aromatic rings. The van der Waals surface area contributed by atoms with Crippen molar-refractivity contribution in [3.05, 3.63) is 28.8 Å². The number of anilines is 1. The van der Waals surface area contributed by atoms with Gasteiger partial charge in [0.05, 0.1) is 10.6 Å². The zero-order chi connectivity index (χ0) is 13.8. The number of benzene rings is 1. The van der Waals surface area contributed by atoms with E-state index in [-0.39, 0.29) is 5.91 Å². The Kier molecular flexibility index (Phi) is 4.66. The number of nitrogens with one attached hydrogen (secondary N) is 1. The molecule has 1 aliphatic heterocycles. The van der Waals surface area contributed by atoms with E-state index in [9.17, 15) is 4.79 Å². The van der Waals surface area contributed by atoms with Gasteiger partial charge in [0.15, 0.2) is 0 Å². The van der Waals surface area contributed by atoms with E-state index in [1.807, 2.05) is 0 Å². The smallest absolute Gasteiger partial charge is 0.252 e. The molecule has 1 atom stereocenters. The van der Waals surface area contributed by atoms with E-state index in [0.717, 1.165) is 26.1 Å². The van der Waals surface area contributed by atoms with Gasteiger partial charge in [0.25, 0.3) is 5.91 Å². The minimum Gasteiger partial charge on any atom is -0.399 e. The maximum Gasteiger partial charge on any atom is 0.252 e. The molecule has 5 heteroatoms. The summed E-state index contributed by atoms with van der Waals surface area (Å²) in [5.41, 5.74) is 6.66. The first kappa shape index (κ1) is 14.2. The van der Waals surface area contributed by atoms with Crippen LogP contribution in [0.5, 0.6) is 0 Å². The van der Waals surface area contributed by atoms with E-state index in [1.165, 1.54) is 0 Å². The zero-order valence-corrected chi connectivity index (χ0v) is 11.9. The summed E-state index contributed by atoms with van der Waals surface area (Å²) in [6.07, 6.45) is 1.14. The number of hydrogen-bond donors (Lipinski definition) is 2. The molecule has 1 saturated heterocycles. The Morgan fingerprint density at radius 1 is 1.58 bits per heavy atom. The Bertz CT molecular complexity index is 464. The molecule has 0 saturated carbocycles. The number of carbonyl (C=O) groups is 1. The lowest BCUT2D eigenvalue weighted by Crippen LogP contribution is -2.31. The Morgan fingerprint density at radius 3 is 3.00 bits per heavy atom. The normalized spacial score (nSPS) is 19.6. The van der Waals surface area contributed by atoms with Gasteiger partial charge in [-0.1, -0.05) is 18.5 Å². The van der Waals surface area contributed by atoms with Gasteiger partial charge in [0.1, 0.15) is 0 Å². The summed E-state index contributed by atoms with van der Waals surface area (Å²) in [5, 5.41) is 3.36. The van der Waals surface area contributed by atoms with E-state index in [0.29, 0.717) is 28.7 Å². The van der Waals surface area contributed by atoms with Crippen LogP contribution in [0.15, 0.2) is 18.2 Å². The fraction of sp³-hybridized carbons (Fsp3) is 0.500. The minimum absolute atomic E-state index is 0.125. The van der Waals surface area contributed by atoms with Gasteiger partial charge in [-0.15, -0.1) is 0 Å². The number of nitrogen functional groups attached to an aromatic ring is 1. The summed E-state index contributed by atoms with van der Waals surface area (Å²) in [5.74, 6) is 0.413. The summed E-state index contributed by atoms with van der Waals surface area (Å²) in [6.45, 7) is 6.13. The van der Waals surface area contributed by atoms with Gasteiger partial charge >= 0.3 is 0 Å². The highest BCUT2D eigenvalue weighted by Crippen LogP contribution is 2.19. The van der Waals surface area contributed by atoms with Crippen LogP contribution in [-0.4, -0.2) is 37.0 Å². The third-order valence-electron chi connectivity index (χ3n) is 3.61. The van der Waals surface area contributed by atoms with Crippen molar-refractivity contribution in [1.82, 2.24) is 10.2 Å². The zero-order valence-electron chi connectivity index (χ0n) is 11.2. The molecule has 4 nitrogen and oxygen atoms in total. The number of amides is 1. The van der Waals surface area contributed by atoms with Crippen LogP contribution in [0.1, 0.15) is 23.7 Å². The number of halogens is 1. The van der Waals surface area contributed by atoms with Crippen LogP contribution in [0.25, 0.3) is 0 Å². The quantitative estimate of drug-likeness (QED) is 0.830. The van der Waals surface area contributed by atoms with Gasteiger partial charge in [-0.05, 0) is 43.6 Å². The maximum absolute atomic E-state index is 12.0. The highest BCUT2D eigenvalue weighted by molar-refractivity contribution is 6.34. The lowest BCUT2D eigenvalue weighted by molar-refractivity contribution is 0.0947. The predicted molar refractivity (Wildman–Crippen MR) is 78.4 cm³/mol. The van der Waals surface area contributed by atoms with Gasteiger partial charge in [0.2, 0.25) is 0 Å². The van der Waals surface area contributed by atoms with Gasteiger partial charge in [-0.2, -0.15) is 0 Å². The highest BCUT2D eigenvalue weighted by atomic mass is 35.5. The van der Waals surface area contributed by atoms with Crippen molar-refractivity contribution in [3.63, 3.8) is 0 Å². The first-order chi connectivity index (χ1) is 9.10. The fourth-order valence-corrected chi connectivity index (χ4v) is 2.69. The van der Waals surface area contributed by atoms with Crippen LogP contribution < -0.4 is 11.1 Å². The summed E-state index contributed by atoms with van der Waals surface area (Å²) >= 11 is 6.02. The summed E-state index contributed by atoms with van der Waals surface area (Å²) in [7, 11) is 0. The molecule has 0 bridgehead atoms. The molecule has 1 aliphatic rings. The van der Waals surface area contributed by atoms with Crippen LogP contribution in [0, 0.1) is 5.92 Å². The van der Waals surface area contributed by atoms with E-state index in [2.05, 4.69) is 17.1 Å². The SMILES string of the molecule is CCN1CCC(CNC(=O)c2ccc(N)cc2Cl)C1. The molecule has 0 spiro atoms. The molecule has 0 radical (unpaired) electrons. The molecule has 1 heterocycles. The average molecular weight is 282 g/mol. The standard InChI is InChI=1S/C14H20ClN3O/c1-2-18-6-5-10(9-18)8-17-14(19)12-4-3-11(16)7-13(12)15/h3-4,7,10H,2,5-6,8-9,16H2,1H3,(H,17,19). The van der Waals surface area contributed by atoms with Crippen LogP contribution in [-0.2, 0) is 0 Å². The van der Waals surface area contributed by atoms with Crippen molar-refractivity contribution < 1.29 is 4.79 Å². The topological polar surface area (TPSA) is 58.4 Å². The second-order valence-electron chi connectivity index (χ2n) is 5.00. The van der Waals surface area contributed by atoms with Gasteiger partial charge in [0, 0.05) is 18.8 Å². The van der Waals surface area contributed by atoms with E-state index >= 15 is 0 Å². The lowest BCUT2D eigenvalue weighted by atomic mass is 10.1. The summed E-state index contributed by atoms with van der Waals surface area (Å²) in [4.78, 5) is 14.4.